The van der Waals surface area contributed by atoms with Gasteiger partial charge in [-0.25, -0.2) is 21.6 Å². The van der Waals surface area contributed by atoms with Gasteiger partial charge in [0.2, 0.25) is 0 Å². The van der Waals surface area contributed by atoms with Crippen molar-refractivity contribution in [1.29, 1.82) is 0 Å². The summed E-state index contributed by atoms with van der Waals surface area (Å²) in [4.78, 5) is 2.01. The summed E-state index contributed by atoms with van der Waals surface area (Å²) < 4.78 is 131. The fourth-order valence-electron chi connectivity index (χ4n) is 6.47. The third-order valence-electron chi connectivity index (χ3n) is 9.21. The molecule has 51 heavy (non-hydrogen) atoms. The number of hydrogen-bond acceptors (Lipinski definition) is 4. The van der Waals surface area contributed by atoms with Gasteiger partial charge in [0.1, 0.15) is 27.2 Å². The highest BCUT2D eigenvalue weighted by Crippen LogP contribution is 2.43. The second-order valence-corrected chi connectivity index (χ2v) is 15.4. The summed E-state index contributed by atoms with van der Waals surface area (Å²) in [7, 11) is -3.86. The van der Waals surface area contributed by atoms with Crippen LogP contribution in [0.15, 0.2) is 89.0 Å². The second-order valence-electron chi connectivity index (χ2n) is 13.1. The number of allylic oxidation sites excluding steroid dienone is 8. The summed E-state index contributed by atoms with van der Waals surface area (Å²) in [5.74, 6) is -7.68. The van der Waals surface area contributed by atoms with E-state index in [1.807, 2.05) is 17.1 Å². The molecule has 2 aliphatic rings. The predicted molar refractivity (Wildman–Crippen MR) is 182 cm³/mol. The van der Waals surface area contributed by atoms with Gasteiger partial charge in [0.05, 0.1) is 11.5 Å². The average Bonchev–Trinajstić information content (AvgIpc) is 3.24. The molecule has 13 heteroatoms. The van der Waals surface area contributed by atoms with Gasteiger partial charge in [-0.3, -0.25) is 4.90 Å². The first-order valence-electron chi connectivity index (χ1n) is 17.1. The SMILES string of the molecule is O=S(=O)(CCCN(CCCCCCC1=C(c2ccc(F)cc2)C=CCC2=C1CCC(O)=C2F)Cc1ccc(F)cc1)CCCC(F)(F)C(F)(F)F. The van der Waals surface area contributed by atoms with Crippen LogP contribution >= 0.6 is 0 Å². The van der Waals surface area contributed by atoms with Crippen molar-refractivity contribution in [3.63, 3.8) is 0 Å². The quantitative estimate of drug-likeness (QED) is 0.122. The molecule has 0 fully saturated rings. The first-order chi connectivity index (χ1) is 24.1. The molecule has 1 N–H and O–H groups in total. The molecular weight excluding hydrogens is 702 g/mol. The average molecular weight is 746 g/mol. The van der Waals surface area contributed by atoms with Crippen LogP contribution in [0.2, 0.25) is 0 Å². The molecule has 4 nitrogen and oxygen atoms in total. The minimum absolute atomic E-state index is 0.144. The van der Waals surface area contributed by atoms with E-state index in [1.165, 1.54) is 24.3 Å². The molecule has 0 heterocycles. The first-order valence-corrected chi connectivity index (χ1v) is 19.0. The van der Waals surface area contributed by atoms with E-state index >= 15 is 4.39 Å². The van der Waals surface area contributed by atoms with E-state index in [0.717, 1.165) is 53.5 Å². The molecule has 0 atom stereocenters. The molecule has 0 spiro atoms. The van der Waals surface area contributed by atoms with Gasteiger partial charge < -0.3 is 5.11 Å². The molecular formula is C38H43F8NO3S. The maximum Gasteiger partial charge on any atom is 0.453 e. The summed E-state index contributed by atoms with van der Waals surface area (Å²) in [5.41, 5.74) is 4.81. The summed E-state index contributed by atoms with van der Waals surface area (Å²) in [5, 5.41) is 10.1. The third-order valence-corrected chi connectivity index (χ3v) is 11.0. The first kappa shape index (κ1) is 40.3. The van der Waals surface area contributed by atoms with Crippen molar-refractivity contribution < 1.29 is 48.6 Å². The van der Waals surface area contributed by atoms with Crippen molar-refractivity contribution in [3.05, 3.63) is 112 Å². The lowest BCUT2D eigenvalue weighted by Crippen LogP contribution is -2.36. The Hall–Kier alpha value is -3.45. The summed E-state index contributed by atoms with van der Waals surface area (Å²) in [6.45, 7) is 1.30. The van der Waals surface area contributed by atoms with Crippen LogP contribution < -0.4 is 0 Å². The minimum Gasteiger partial charge on any atom is -0.509 e. The molecule has 4 rings (SSSR count). The van der Waals surface area contributed by atoms with Crippen molar-refractivity contribution in [2.24, 2.45) is 0 Å². The number of sulfone groups is 1. The molecule has 2 aromatic rings. The van der Waals surface area contributed by atoms with Gasteiger partial charge in [0, 0.05) is 19.4 Å². The van der Waals surface area contributed by atoms with E-state index in [-0.39, 0.29) is 30.2 Å². The normalized spacial score (nSPS) is 15.9. The molecule has 0 amide bonds. The second kappa shape index (κ2) is 17.9. The van der Waals surface area contributed by atoms with Gasteiger partial charge in [-0.1, -0.05) is 49.3 Å². The number of benzene rings is 2. The number of aliphatic hydroxyl groups excluding tert-OH is 1. The van der Waals surface area contributed by atoms with Crippen LogP contribution in [0.3, 0.4) is 0 Å². The molecule has 0 saturated heterocycles. The zero-order valence-corrected chi connectivity index (χ0v) is 29.0. The summed E-state index contributed by atoms with van der Waals surface area (Å²) >= 11 is 0. The number of unbranched alkanes of at least 4 members (excludes halogenated alkanes) is 3. The Morgan fingerprint density at radius 3 is 2.00 bits per heavy atom. The van der Waals surface area contributed by atoms with Crippen molar-refractivity contribution in [1.82, 2.24) is 4.90 Å². The van der Waals surface area contributed by atoms with Crippen molar-refractivity contribution in [2.45, 2.75) is 89.3 Å². The number of hydrogen-bond donors (Lipinski definition) is 1. The smallest absolute Gasteiger partial charge is 0.453 e. The predicted octanol–water partition coefficient (Wildman–Crippen LogP) is 10.7. The Morgan fingerprint density at radius 1 is 0.725 bits per heavy atom. The van der Waals surface area contributed by atoms with Gasteiger partial charge in [-0.2, -0.15) is 22.0 Å². The highest BCUT2D eigenvalue weighted by atomic mass is 32.2. The van der Waals surface area contributed by atoms with Crippen LogP contribution in [-0.2, 0) is 16.4 Å². The lowest BCUT2D eigenvalue weighted by atomic mass is 9.84. The van der Waals surface area contributed by atoms with E-state index < -0.39 is 52.2 Å². The standard InChI is InChI=1S/C38H43F8NO3S/c39-29-15-11-27(12-16-29)26-47(23-7-25-51(49,50)24-6-21-37(42,43)38(44,45)46)22-4-2-1-3-8-32-31(28-13-17-30(40)18-14-28)9-5-10-34-33(32)19-20-35(48)36(34)41/h5,9,11-18,48H,1-4,6-8,10,19-26H2. The molecule has 0 aliphatic heterocycles. The van der Waals surface area contributed by atoms with E-state index in [4.69, 9.17) is 0 Å². The Bertz CT molecular complexity index is 1710. The topological polar surface area (TPSA) is 57.6 Å². The van der Waals surface area contributed by atoms with Gasteiger partial charge in [-0.05, 0) is 116 Å². The highest BCUT2D eigenvalue weighted by Gasteiger charge is 2.56. The zero-order chi connectivity index (χ0) is 37.2. The number of rotatable bonds is 18. The summed E-state index contributed by atoms with van der Waals surface area (Å²) in [6.07, 6.45) is 0.585. The van der Waals surface area contributed by atoms with E-state index in [2.05, 4.69) is 0 Å². The minimum atomic E-state index is -5.73. The van der Waals surface area contributed by atoms with Gasteiger partial charge in [0.25, 0.3) is 0 Å². The number of alkyl halides is 5. The van der Waals surface area contributed by atoms with E-state index in [0.29, 0.717) is 44.5 Å². The molecule has 0 aromatic heterocycles. The summed E-state index contributed by atoms with van der Waals surface area (Å²) in [6, 6.07) is 12.0. The Kier molecular flexibility index (Phi) is 14.1. The Balaban J connectivity index is 1.34. The van der Waals surface area contributed by atoms with E-state index in [1.54, 1.807) is 24.3 Å². The molecule has 0 saturated carbocycles. The third kappa shape index (κ3) is 11.8. The molecule has 0 bridgehead atoms. The zero-order valence-electron chi connectivity index (χ0n) is 28.2. The maximum absolute atomic E-state index is 15.0. The van der Waals surface area contributed by atoms with Crippen LogP contribution in [0.4, 0.5) is 35.1 Å². The molecule has 0 radical (unpaired) electrons. The highest BCUT2D eigenvalue weighted by molar-refractivity contribution is 7.91. The number of halogens is 8. The van der Waals surface area contributed by atoms with Crippen molar-refractivity contribution in [2.75, 3.05) is 24.6 Å². The number of nitrogens with zero attached hydrogens (tertiary/aromatic N) is 1. The molecule has 2 aliphatic carbocycles. The fraction of sp³-hybridized carbons (Fsp3) is 0.474. The molecule has 2 aromatic carbocycles. The van der Waals surface area contributed by atoms with Crippen LogP contribution in [-0.4, -0.2) is 55.1 Å². The molecule has 280 valence electrons. The van der Waals surface area contributed by atoms with Crippen LogP contribution in [0, 0.1) is 11.6 Å². The van der Waals surface area contributed by atoms with Crippen LogP contribution in [0.5, 0.6) is 0 Å². The maximum atomic E-state index is 15.0. The van der Waals surface area contributed by atoms with Crippen LogP contribution in [0.25, 0.3) is 5.57 Å². The lowest BCUT2D eigenvalue weighted by Gasteiger charge is -2.23. The Morgan fingerprint density at radius 2 is 1.33 bits per heavy atom. The lowest BCUT2D eigenvalue weighted by molar-refractivity contribution is -0.284. The van der Waals surface area contributed by atoms with Gasteiger partial charge in [-0.15, -0.1) is 0 Å². The van der Waals surface area contributed by atoms with Crippen molar-refractivity contribution in [3.8, 4) is 0 Å². The van der Waals surface area contributed by atoms with Crippen LogP contribution in [0.1, 0.15) is 81.8 Å². The number of aliphatic hydroxyl groups is 1. The fourth-order valence-corrected chi connectivity index (χ4v) is 7.83. The molecule has 0 unspecified atom stereocenters. The van der Waals surface area contributed by atoms with Crippen molar-refractivity contribution >= 4 is 15.4 Å². The van der Waals surface area contributed by atoms with Gasteiger partial charge >= 0.3 is 12.1 Å². The van der Waals surface area contributed by atoms with Gasteiger partial charge in [0.15, 0.2) is 5.83 Å². The van der Waals surface area contributed by atoms with E-state index in [9.17, 15) is 44.3 Å². The largest absolute Gasteiger partial charge is 0.509 e. The Labute approximate surface area is 294 Å². The monoisotopic (exact) mass is 745 g/mol.